The number of pyridine rings is 5. The fourth-order valence-corrected chi connectivity index (χ4v) is 11.8. The average Bonchev–Trinajstić information content (AvgIpc) is 0.773. The molecule has 0 spiro atoms. The molecule has 97 heavy (non-hydrogen) atoms. The SMILES string of the molecule is [2H]C([2H])([2H])C([2H])(C)c1ccc(-c2cc(C)c(C([2H])(C)C([2H])([2H])[2H])cc2C)[n+](C)c1.[2H]C([2H])([2H])c1c[n+](C)c(-c2cc(C)c(C([2H])(C)C([2H])([2H])[2H])cc2C)cc1C.[2H]C([2H])([2H])c1cc(C)c(-c2cc(C)c(C([2H])([2H])[2H])c[n+]2C)cc1C.[2H]C([2H])([2H])c1cc(C)c(-c2ccc(C([2H])(C)C([2H])([2H])[2H])c[n+]2C)cc1C.[2H]C([2H])([2H])c1ccc(-c2cc(C)c(C([2H])(C)C([2H])([2H])[2H])cc2C)[n+](C)c1. The first-order chi connectivity index (χ1) is 59.1. The minimum absolute atomic E-state index is 0.260. The number of aryl methyl sites for hydroxylation is 22. The Morgan fingerprint density at radius 3 is 0.825 bits per heavy atom. The van der Waals surface area contributed by atoms with Crippen LogP contribution in [0.1, 0.15) is 269 Å². The highest BCUT2D eigenvalue weighted by atomic mass is 14.9. The predicted octanol–water partition coefficient (Wildman–Crippen LogP) is 21.8. The maximum absolute atomic E-state index is 8.39. The molecule has 5 aromatic carbocycles. The van der Waals surface area contributed by atoms with E-state index in [0.717, 1.165) is 95.2 Å². The van der Waals surface area contributed by atoms with E-state index in [1.807, 2.05) is 77.1 Å². The van der Waals surface area contributed by atoms with Crippen LogP contribution in [0.3, 0.4) is 0 Å². The average molecular weight is 1340 g/mol. The van der Waals surface area contributed by atoms with Gasteiger partial charge in [0.2, 0.25) is 28.5 Å². The van der Waals surface area contributed by atoms with E-state index >= 15 is 0 Å². The molecule has 5 heterocycles. The van der Waals surface area contributed by atoms with Crippen molar-refractivity contribution >= 4 is 0 Å². The molecule has 5 aromatic heterocycles. The minimum atomic E-state index is -2.45. The quantitative estimate of drug-likeness (QED) is 0.122. The highest BCUT2D eigenvalue weighted by molar-refractivity contribution is 5.68. The van der Waals surface area contributed by atoms with Gasteiger partial charge < -0.3 is 0 Å². The van der Waals surface area contributed by atoms with Gasteiger partial charge in [-0.25, -0.2) is 22.8 Å². The van der Waals surface area contributed by atoms with Crippen LogP contribution in [0.5, 0.6) is 0 Å². The largest absolute Gasteiger partial charge is 0.212 e. The number of aromatic nitrogens is 5. The third-order valence-corrected chi connectivity index (χ3v) is 17.7. The Morgan fingerprint density at radius 2 is 0.526 bits per heavy atom. The van der Waals surface area contributed by atoms with Gasteiger partial charge in [-0.1, -0.05) is 99.2 Å². The maximum atomic E-state index is 8.39. The first-order valence-corrected chi connectivity index (χ1v) is 32.2. The summed E-state index contributed by atoms with van der Waals surface area (Å²) in [6.45, 7) is 5.81. The van der Waals surface area contributed by atoms with Gasteiger partial charge >= 0.3 is 0 Å². The van der Waals surface area contributed by atoms with Crippen molar-refractivity contribution in [2.75, 3.05) is 0 Å². The Balaban J connectivity index is 0.000000254. The maximum Gasteiger partial charge on any atom is 0.212 e. The molecule has 512 valence electrons. The van der Waals surface area contributed by atoms with E-state index in [0.29, 0.717) is 77.9 Å². The number of hydrogen-bond acceptors (Lipinski definition) is 0. The van der Waals surface area contributed by atoms with Gasteiger partial charge in [0.15, 0.2) is 31.0 Å². The highest BCUT2D eigenvalue weighted by Crippen LogP contribution is 2.33. The van der Waals surface area contributed by atoms with E-state index < -0.39 is 98.0 Å². The van der Waals surface area contributed by atoms with Crippen LogP contribution in [0.4, 0.5) is 0 Å². The van der Waals surface area contributed by atoms with E-state index in [4.69, 9.17) is 48.0 Å². The second kappa shape index (κ2) is 33.4. The lowest BCUT2D eigenvalue weighted by Crippen LogP contribution is -2.31. The van der Waals surface area contributed by atoms with Crippen molar-refractivity contribution in [2.24, 2.45) is 35.2 Å². The molecule has 0 N–H and O–H groups in total. The van der Waals surface area contributed by atoms with Crippen LogP contribution in [-0.4, -0.2) is 0 Å². The van der Waals surface area contributed by atoms with Crippen LogP contribution in [0.25, 0.3) is 56.3 Å². The molecule has 0 saturated carbocycles. The summed E-state index contributed by atoms with van der Waals surface area (Å²) in [7, 11) is 8.96. The Kier molecular flexibility index (Phi) is 14.2. The van der Waals surface area contributed by atoms with E-state index in [9.17, 15) is 0 Å². The van der Waals surface area contributed by atoms with Crippen molar-refractivity contribution in [1.29, 1.82) is 0 Å². The number of nitrogens with zero attached hydrogens (tertiary/aromatic N) is 5. The van der Waals surface area contributed by atoms with Crippen LogP contribution >= 0.6 is 0 Å². The first-order valence-electron chi connectivity index (χ1n) is 49.7. The molecule has 0 saturated heterocycles. The van der Waals surface area contributed by atoms with Crippen molar-refractivity contribution in [3.8, 4) is 56.3 Å². The smallest absolute Gasteiger partial charge is 0.201 e. The number of rotatable bonds is 10. The summed E-state index contributed by atoms with van der Waals surface area (Å²) in [5.74, 6) is -8.57. The third-order valence-electron chi connectivity index (χ3n) is 17.7. The molecule has 0 fully saturated rings. The van der Waals surface area contributed by atoms with E-state index in [-0.39, 0.29) is 5.56 Å². The van der Waals surface area contributed by atoms with Gasteiger partial charge in [0.25, 0.3) is 0 Å². The molecule has 0 aliphatic rings. The molecular formula is C92H124N5+5. The highest BCUT2D eigenvalue weighted by Gasteiger charge is 2.22. The van der Waals surface area contributed by atoms with Gasteiger partial charge in [0, 0.05) is 134 Å². The zero-order valence-electron chi connectivity index (χ0n) is 96.0. The fourth-order valence-electron chi connectivity index (χ4n) is 11.8. The zero-order chi connectivity index (χ0) is 102. The molecule has 0 bridgehead atoms. The fraction of sp³-hybridized carbons (Fsp3) is 0.402. The molecule has 0 radical (unpaired) electrons. The topological polar surface area (TPSA) is 19.4 Å². The van der Waals surface area contributed by atoms with E-state index in [2.05, 4.69) is 0 Å². The standard InChI is InChI=1S/C20H28N.C19H26N.2C18H24N.C17H22N/c1-13(2)17-8-9-20(21(7)12-17)19-11-15(5)18(14(3)4)10-16(19)6;1-12(2)17-8-15(5)18(9-14(17)4)19-10-13(3)16(6)11-20(19)7;1-12(2)16-7-8-18(19(6)11-16)17-10-14(4)13(3)9-15(17)5;1-12(2)16-9-15(5)17(10-14(16)4)18-8-7-13(3)11-19(18)6;1-11-7-14(4)16(8-12(11)2)17-9-13(3)15(5)10-18(17)6/h8-14H,1-7H3;8-12H,1-7H3;2*7-12H,1-6H3;7-10H,1-6H3/q5*+1/i1D3,3D3,13D,14D;1D3,6D3,12D;2*1D3,3D3,12D;1D3,5D3. The molecule has 0 aliphatic carbocycles. The van der Waals surface area contributed by atoms with Gasteiger partial charge in [-0.2, -0.15) is 0 Å². The van der Waals surface area contributed by atoms with Crippen LogP contribution < -0.4 is 22.8 Å². The molecule has 5 unspecified atom stereocenters. The van der Waals surface area contributed by atoms with Crippen molar-refractivity contribution in [3.05, 3.63) is 263 Å². The molecule has 10 aromatic rings. The molecule has 10 rings (SSSR count). The first kappa shape index (κ1) is 41.3. The number of hydrogen-bond donors (Lipinski definition) is 0. The lowest BCUT2D eigenvalue weighted by molar-refractivity contribution is -0.661. The summed E-state index contributed by atoms with van der Waals surface area (Å²) in [5, 5.41) is 0. The summed E-state index contributed by atoms with van der Waals surface area (Å²) in [5.41, 5.74) is 21.4. The van der Waals surface area contributed by atoms with Crippen LogP contribution in [0.2, 0.25) is 0 Å². The molecule has 0 aliphatic heterocycles. The third kappa shape index (κ3) is 19.4. The van der Waals surface area contributed by atoms with Gasteiger partial charge in [0.1, 0.15) is 35.2 Å². The summed E-state index contributed by atoms with van der Waals surface area (Å²) in [6, 6.07) is 31.8. The van der Waals surface area contributed by atoms with Gasteiger partial charge in [0.05, 0.1) is 0 Å². The molecule has 0 amide bonds. The Hall–Kier alpha value is -8.15. The van der Waals surface area contributed by atoms with Crippen LogP contribution in [0.15, 0.2) is 140 Å². The monoisotopic (exact) mass is 1330 g/mol. The molecular weight excluding hydrogens is 1180 g/mol. The van der Waals surface area contributed by atoms with Crippen LogP contribution in [0, 0.1) is 117 Å². The second-order valence-corrected chi connectivity index (χ2v) is 26.0. The lowest BCUT2D eigenvalue weighted by atomic mass is 9.91. The van der Waals surface area contributed by atoms with Gasteiger partial charge in [-0.05, 0) is 290 Å². The van der Waals surface area contributed by atoms with E-state index in [1.165, 1.54) is 34.6 Å². The Morgan fingerprint density at radius 1 is 0.247 bits per heavy atom. The molecule has 5 heteroatoms. The zero-order valence-corrected chi connectivity index (χ0v) is 61.0. The lowest BCUT2D eigenvalue weighted by Gasteiger charge is -2.14. The van der Waals surface area contributed by atoms with Crippen molar-refractivity contribution in [1.82, 2.24) is 0 Å². The van der Waals surface area contributed by atoms with Crippen molar-refractivity contribution in [2.45, 2.75) is 216 Å². The summed E-state index contributed by atoms with van der Waals surface area (Å²) in [6.07, 6.45) is 8.14. The normalized spacial score (nSPS) is 20.8. The number of benzene rings is 5. The predicted molar refractivity (Wildman–Crippen MR) is 416 cm³/mol. The molecule has 5 atom stereocenters. The van der Waals surface area contributed by atoms with Gasteiger partial charge in [-0.15, -0.1) is 0 Å². The second-order valence-electron chi connectivity index (χ2n) is 26.0. The van der Waals surface area contributed by atoms with Crippen LogP contribution in [-0.2, 0) is 35.2 Å². The Bertz CT molecular complexity index is 5850. The van der Waals surface area contributed by atoms with E-state index in [1.54, 1.807) is 204 Å². The summed E-state index contributed by atoms with van der Waals surface area (Å²) < 4.78 is 279. The van der Waals surface area contributed by atoms with Crippen molar-refractivity contribution in [3.63, 3.8) is 0 Å². The van der Waals surface area contributed by atoms with Gasteiger partial charge in [-0.3, -0.25) is 0 Å². The molecule has 5 nitrogen and oxygen atoms in total. The van der Waals surface area contributed by atoms with Crippen molar-refractivity contribution < 1.29 is 70.8 Å². The summed E-state index contributed by atoms with van der Waals surface area (Å²) in [4.78, 5) is 0. The minimum Gasteiger partial charge on any atom is -0.201 e. The Labute approximate surface area is 639 Å². The summed E-state index contributed by atoms with van der Waals surface area (Å²) >= 11 is 0.